The third kappa shape index (κ3) is 3.20. The van der Waals surface area contributed by atoms with Gasteiger partial charge in [0.05, 0.1) is 5.69 Å². The summed E-state index contributed by atoms with van der Waals surface area (Å²) in [4.78, 5) is 27.4. The van der Waals surface area contributed by atoms with Crippen molar-refractivity contribution < 1.29 is 13.6 Å². The fraction of sp³-hybridized carbons (Fsp3) is 0.0667. The second-order valence-corrected chi connectivity index (χ2v) is 5.65. The number of amides is 1. The van der Waals surface area contributed by atoms with E-state index >= 15 is 0 Å². The zero-order chi connectivity index (χ0) is 17.3. The number of nitrogens with one attached hydrogen (secondary N) is 1. The number of halogens is 2. The molecule has 0 atom stereocenters. The number of rotatable bonds is 3. The first kappa shape index (κ1) is 15.9. The number of hydrogen-bond donors (Lipinski definition) is 1. The molecular formula is C15H10F2N4O2S. The summed E-state index contributed by atoms with van der Waals surface area (Å²) in [5.41, 5.74) is -0.0943. The number of thiazole rings is 1. The van der Waals surface area contributed by atoms with Crippen LogP contribution in [-0.4, -0.2) is 20.7 Å². The average molecular weight is 348 g/mol. The molecule has 0 aliphatic heterocycles. The number of nitrogens with zero attached hydrogens (tertiary/aromatic N) is 3. The molecule has 6 nitrogen and oxygen atoms in total. The normalized spacial score (nSPS) is 10.6. The fourth-order valence-corrected chi connectivity index (χ4v) is 2.64. The summed E-state index contributed by atoms with van der Waals surface area (Å²) in [5.74, 6) is -1.76. The van der Waals surface area contributed by atoms with E-state index in [1.807, 2.05) is 0 Å². The van der Waals surface area contributed by atoms with Crippen molar-refractivity contribution >= 4 is 22.4 Å². The smallest absolute Gasteiger partial charge is 0.277 e. The average Bonchev–Trinajstić information content (AvgIpc) is 3.00. The zero-order valence-corrected chi connectivity index (χ0v) is 13.1. The van der Waals surface area contributed by atoms with E-state index < -0.39 is 17.5 Å². The molecule has 0 aliphatic rings. The van der Waals surface area contributed by atoms with Crippen molar-refractivity contribution in [1.29, 1.82) is 0 Å². The number of hydrogen-bond acceptors (Lipinski definition) is 5. The molecule has 0 fully saturated rings. The highest BCUT2D eigenvalue weighted by Gasteiger charge is 2.14. The predicted molar refractivity (Wildman–Crippen MR) is 84.9 cm³/mol. The van der Waals surface area contributed by atoms with Gasteiger partial charge in [-0.2, -0.15) is 5.10 Å². The van der Waals surface area contributed by atoms with E-state index in [9.17, 15) is 18.4 Å². The van der Waals surface area contributed by atoms with Gasteiger partial charge in [0.15, 0.2) is 5.13 Å². The van der Waals surface area contributed by atoms with Crippen LogP contribution in [0.3, 0.4) is 0 Å². The van der Waals surface area contributed by atoms with Crippen LogP contribution in [-0.2, 0) is 7.05 Å². The summed E-state index contributed by atoms with van der Waals surface area (Å²) >= 11 is 1.06. The van der Waals surface area contributed by atoms with Gasteiger partial charge in [0.2, 0.25) is 0 Å². The summed E-state index contributed by atoms with van der Waals surface area (Å²) < 4.78 is 28.0. The maximum atomic E-state index is 13.7. The first-order chi connectivity index (χ1) is 11.4. The van der Waals surface area contributed by atoms with Gasteiger partial charge in [-0.3, -0.25) is 14.9 Å². The number of anilines is 1. The Hall–Kier alpha value is -2.94. The summed E-state index contributed by atoms with van der Waals surface area (Å²) in [5, 5.41) is 8.03. The molecule has 1 amide bonds. The molecule has 0 saturated heterocycles. The van der Waals surface area contributed by atoms with Gasteiger partial charge in [-0.25, -0.2) is 18.4 Å². The van der Waals surface area contributed by atoms with Crippen LogP contribution >= 0.6 is 11.3 Å². The minimum absolute atomic E-state index is 0.00646. The summed E-state index contributed by atoms with van der Waals surface area (Å²) in [6.07, 6.45) is 0. The molecule has 24 heavy (non-hydrogen) atoms. The third-order valence-electron chi connectivity index (χ3n) is 3.12. The lowest BCUT2D eigenvalue weighted by Crippen LogP contribution is -2.23. The van der Waals surface area contributed by atoms with Crippen molar-refractivity contribution in [2.24, 2.45) is 7.05 Å². The Morgan fingerprint density at radius 2 is 2.04 bits per heavy atom. The quantitative estimate of drug-likeness (QED) is 0.789. The molecule has 1 aromatic carbocycles. The molecule has 2 aromatic heterocycles. The third-order valence-corrected chi connectivity index (χ3v) is 3.88. The Morgan fingerprint density at radius 3 is 2.79 bits per heavy atom. The lowest BCUT2D eigenvalue weighted by molar-refractivity contribution is 0.102. The van der Waals surface area contributed by atoms with Crippen molar-refractivity contribution in [1.82, 2.24) is 14.8 Å². The molecule has 9 heteroatoms. The van der Waals surface area contributed by atoms with Crippen molar-refractivity contribution in [2.45, 2.75) is 0 Å². The van der Waals surface area contributed by atoms with Crippen molar-refractivity contribution in [3.05, 3.63) is 63.4 Å². The van der Waals surface area contributed by atoms with Crippen LogP contribution in [0.2, 0.25) is 0 Å². The number of aromatic nitrogens is 3. The van der Waals surface area contributed by atoms with E-state index in [0.29, 0.717) is 0 Å². The van der Waals surface area contributed by atoms with Crippen LogP contribution in [0.1, 0.15) is 10.5 Å². The Bertz CT molecular complexity index is 984. The molecule has 3 aromatic rings. The lowest BCUT2D eigenvalue weighted by atomic mass is 10.1. The highest BCUT2D eigenvalue weighted by Crippen LogP contribution is 2.27. The molecule has 3 rings (SSSR count). The number of aryl methyl sites for hydroxylation is 1. The highest BCUT2D eigenvalue weighted by atomic mass is 32.1. The van der Waals surface area contributed by atoms with E-state index in [1.54, 1.807) is 0 Å². The largest absolute Gasteiger partial charge is 0.296 e. The zero-order valence-electron chi connectivity index (χ0n) is 12.3. The van der Waals surface area contributed by atoms with E-state index in [0.717, 1.165) is 34.2 Å². The number of carbonyl (C=O) groups is 1. The number of carbonyl (C=O) groups excluding carboxylic acids is 1. The van der Waals surface area contributed by atoms with Crippen LogP contribution in [0.4, 0.5) is 13.9 Å². The van der Waals surface area contributed by atoms with Gasteiger partial charge in [0, 0.05) is 24.1 Å². The lowest BCUT2D eigenvalue weighted by Gasteiger charge is -2.02. The van der Waals surface area contributed by atoms with Crippen LogP contribution in [0.25, 0.3) is 11.3 Å². The van der Waals surface area contributed by atoms with E-state index in [4.69, 9.17) is 0 Å². The maximum Gasteiger partial charge on any atom is 0.277 e. The molecule has 0 spiro atoms. The van der Waals surface area contributed by atoms with Gasteiger partial charge >= 0.3 is 0 Å². The molecule has 2 heterocycles. The summed E-state index contributed by atoms with van der Waals surface area (Å²) in [7, 11) is 1.42. The van der Waals surface area contributed by atoms with E-state index in [1.165, 1.54) is 24.6 Å². The fourth-order valence-electron chi connectivity index (χ4n) is 1.93. The Kier molecular flexibility index (Phi) is 4.17. The monoisotopic (exact) mass is 348 g/mol. The Labute approximate surface area is 138 Å². The van der Waals surface area contributed by atoms with Crippen LogP contribution in [0, 0.1) is 11.6 Å². The van der Waals surface area contributed by atoms with Gasteiger partial charge in [-0.1, -0.05) is 0 Å². The minimum Gasteiger partial charge on any atom is -0.296 e. The number of benzene rings is 1. The molecule has 0 aliphatic carbocycles. The van der Waals surface area contributed by atoms with E-state index in [2.05, 4.69) is 15.4 Å². The Morgan fingerprint density at radius 1 is 1.25 bits per heavy atom. The predicted octanol–water partition coefficient (Wildman–Crippen LogP) is 2.43. The minimum atomic E-state index is -0.612. The van der Waals surface area contributed by atoms with E-state index in [-0.39, 0.29) is 27.6 Å². The SMILES string of the molecule is Cn1nc(C(=O)Nc2nc(-c3cc(F)ccc3F)cs2)ccc1=O. The maximum absolute atomic E-state index is 13.7. The van der Waals surface area contributed by atoms with Crippen LogP contribution < -0.4 is 10.9 Å². The molecule has 0 saturated carbocycles. The summed E-state index contributed by atoms with van der Waals surface area (Å²) in [6, 6.07) is 5.57. The molecular weight excluding hydrogens is 338 g/mol. The molecule has 0 bridgehead atoms. The van der Waals surface area contributed by atoms with Crippen molar-refractivity contribution in [3.8, 4) is 11.3 Å². The second kappa shape index (κ2) is 6.28. The molecule has 1 N–H and O–H groups in total. The molecule has 0 unspecified atom stereocenters. The van der Waals surface area contributed by atoms with Crippen LogP contribution in [0.15, 0.2) is 40.5 Å². The van der Waals surface area contributed by atoms with Gasteiger partial charge in [-0.05, 0) is 24.3 Å². The standard InChI is InChI=1S/C15H10F2N4O2S/c1-21-13(22)5-4-11(20-21)14(23)19-15-18-12(7-24-15)9-6-8(16)2-3-10(9)17/h2-7H,1H3,(H,18,19,23). The van der Waals surface area contributed by atoms with Gasteiger partial charge in [0.1, 0.15) is 17.3 Å². The second-order valence-electron chi connectivity index (χ2n) is 4.80. The first-order valence-corrected chi connectivity index (χ1v) is 7.58. The van der Waals surface area contributed by atoms with Gasteiger partial charge in [-0.15, -0.1) is 11.3 Å². The molecule has 122 valence electrons. The van der Waals surface area contributed by atoms with Gasteiger partial charge in [0.25, 0.3) is 11.5 Å². The van der Waals surface area contributed by atoms with Crippen molar-refractivity contribution in [2.75, 3.05) is 5.32 Å². The highest BCUT2D eigenvalue weighted by molar-refractivity contribution is 7.14. The topological polar surface area (TPSA) is 76.9 Å². The van der Waals surface area contributed by atoms with Gasteiger partial charge < -0.3 is 0 Å². The first-order valence-electron chi connectivity index (χ1n) is 6.71. The molecule has 0 radical (unpaired) electrons. The van der Waals surface area contributed by atoms with Crippen molar-refractivity contribution in [3.63, 3.8) is 0 Å². The Balaban J connectivity index is 1.83. The summed E-state index contributed by atoms with van der Waals surface area (Å²) in [6.45, 7) is 0. The van der Waals surface area contributed by atoms with Crippen LogP contribution in [0.5, 0.6) is 0 Å².